The summed E-state index contributed by atoms with van der Waals surface area (Å²) in [6, 6.07) is 13.6. The summed E-state index contributed by atoms with van der Waals surface area (Å²) in [5.41, 5.74) is 0.972. The number of ether oxygens (including phenoxy) is 1. The lowest BCUT2D eigenvalue weighted by Gasteiger charge is -2.12. The molecule has 0 heterocycles. The SMILES string of the molecule is CNCc1c(Cl)cccc1Oc1ccc(I)cc1. The molecule has 0 amide bonds. The van der Waals surface area contributed by atoms with Gasteiger partial charge in [0.1, 0.15) is 11.5 Å². The van der Waals surface area contributed by atoms with Crippen LogP contribution < -0.4 is 10.1 Å². The molecule has 0 aliphatic carbocycles. The molecule has 0 fully saturated rings. The van der Waals surface area contributed by atoms with Gasteiger partial charge in [-0.05, 0) is 66.0 Å². The molecule has 0 saturated carbocycles. The summed E-state index contributed by atoms with van der Waals surface area (Å²) in [4.78, 5) is 0. The first-order valence-electron chi connectivity index (χ1n) is 5.56. The summed E-state index contributed by atoms with van der Waals surface area (Å²) in [6.45, 7) is 0.680. The molecule has 2 nitrogen and oxygen atoms in total. The van der Waals surface area contributed by atoms with Crippen LogP contribution in [0.4, 0.5) is 0 Å². The average Bonchev–Trinajstić information content (AvgIpc) is 2.36. The molecule has 0 bridgehead atoms. The molecule has 0 atom stereocenters. The predicted octanol–water partition coefficient (Wildman–Crippen LogP) is 4.46. The molecule has 2 rings (SSSR count). The van der Waals surface area contributed by atoms with Crippen LogP contribution in [0.2, 0.25) is 5.02 Å². The van der Waals surface area contributed by atoms with Gasteiger partial charge in [0.2, 0.25) is 0 Å². The number of benzene rings is 2. The molecule has 0 aromatic heterocycles. The maximum atomic E-state index is 6.18. The van der Waals surface area contributed by atoms with Crippen molar-refractivity contribution in [2.24, 2.45) is 0 Å². The molecule has 0 unspecified atom stereocenters. The minimum atomic E-state index is 0.680. The van der Waals surface area contributed by atoms with Gasteiger partial charge < -0.3 is 10.1 Å². The van der Waals surface area contributed by atoms with Crippen molar-refractivity contribution in [3.63, 3.8) is 0 Å². The van der Waals surface area contributed by atoms with Gasteiger partial charge in [-0.3, -0.25) is 0 Å². The van der Waals surface area contributed by atoms with Crippen LogP contribution in [0.3, 0.4) is 0 Å². The Balaban J connectivity index is 2.28. The van der Waals surface area contributed by atoms with Crippen LogP contribution in [0.1, 0.15) is 5.56 Å². The Bertz CT molecular complexity index is 528. The molecule has 18 heavy (non-hydrogen) atoms. The lowest BCUT2D eigenvalue weighted by molar-refractivity contribution is 0.474. The molecule has 0 saturated heterocycles. The summed E-state index contributed by atoms with van der Waals surface area (Å²) >= 11 is 8.44. The van der Waals surface area contributed by atoms with Gasteiger partial charge in [-0.2, -0.15) is 0 Å². The zero-order chi connectivity index (χ0) is 13.0. The highest BCUT2D eigenvalue weighted by molar-refractivity contribution is 14.1. The standard InChI is InChI=1S/C14H13ClINO/c1-17-9-12-13(15)3-2-4-14(12)18-11-7-5-10(16)6-8-11/h2-8,17H,9H2,1H3. The second-order valence-corrected chi connectivity index (χ2v) is 5.46. The third-order valence-corrected chi connectivity index (χ3v) is 3.54. The van der Waals surface area contributed by atoms with Crippen LogP contribution in [0.5, 0.6) is 11.5 Å². The van der Waals surface area contributed by atoms with Gasteiger partial charge >= 0.3 is 0 Å². The Kier molecular flexibility index (Phi) is 4.86. The Labute approximate surface area is 125 Å². The fourth-order valence-electron chi connectivity index (χ4n) is 1.61. The molecule has 2 aromatic carbocycles. The van der Waals surface area contributed by atoms with Crippen LogP contribution in [0.15, 0.2) is 42.5 Å². The molecule has 4 heteroatoms. The molecular weight excluding hydrogens is 361 g/mol. The van der Waals surface area contributed by atoms with E-state index in [-0.39, 0.29) is 0 Å². The van der Waals surface area contributed by atoms with Crippen molar-refractivity contribution in [2.75, 3.05) is 7.05 Å². The first kappa shape index (κ1) is 13.6. The second kappa shape index (κ2) is 6.41. The molecular formula is C14H13ClINO. The van der Waals surface area contributed by atoms with Gasteiger partial charge in [-0.15, -0.1) is 0 Å². The third kappa shape index (κ3) is 3.37. The molecule has 0 aliphatic heterocycles. The summed E-state index contributed by atoms with van der Waals surface area (Å²) in [7, 11) is 1.89. The number of rotatable bonds is 4. The summed E-state index contributed by atoms with van der Waals surface area (Å²) in [5, 5.41) is 3.81. The van der Waals surface area contributed by atoms with E-state index in [1.54, 1.807) is 0 Å². The molecule has 0 radical (unpaired) electrons. The highest BCUT2D eigenvalue weighted by Crippen LogP contribution is 2.30. The highest BCUT2D eigenvalue weighted by atomic mass is 127. The normalized spacial score (nSPS) is 10.4. The van der Waals surface area contributed by atoms with Crippen molar-refractivity contribution in [3.05, 3.63) is 56.6 Å². The van der Waals surface area contributed by atoms with Crippen molar-refractivity contribution >= 4 is 34.2 Å². The van der Waals surface area contributed by atoms with E-state index in [1.165, 1.54) is 3.57 Å². The smallest absolute Gasteiger partial charge is 0.133 e. The predicted molar refractivity (Wildman–Crippen MR) is 83.4 cm³/mol. The Morgan fingerprint density at radius 3 is 2.56 bits per heavy atom. The number of hydrogen-bond acceptors (Lipinski definition) is 2. The molecule has 2 aromatic rings. The summed E-state index contributed by atoms with van der Waals surface area (Å²) in [6.07, 6.45) is 0. The minimum absolute atomic E-state index is 0.680. The lowest BCUT2D eigenvalue weighted by atomic mass is 10.2. The maximum Gasteiger partial charge on any atom is 0.133 e. The van der Waals surface area contributed by atoms with Crippen molar-refractivity contribution in [1.29, 1.82) is 0 Å². The van der Waals surface area contributed by atoms with E-state index < -0.39 is 0 Å². The van der Waals surface area contributed by atoms with E-state index >= 15 is 0 Å². The third-order valence-electron chi connectivity index (χ3n) is 2.47. The van der Waals surface area contributed by atoms with Gasteiger partial charge in [0.25, 0.3) is 0 Å². The van der Waals surface area contributed by atoms with Gasteiger partial charge in [-0.1, -0.05) is 17.7 Å². The van der Waals surface area contributed by atoms with E-state index in [9.17, 15) is 0 Å². The summed E-state index contributed by atoms with van der Waals surface area (Å²) in [5.74, 6) is 1.60. The number of nitrogens with one attached hydrogen (secondary N) is 1. The highest BCUT2D eigenvalue weighted by Gasteiger charge is 2.08. The van der Waals surface area contributed by atoms with E-state index in [4.69, 9.17) is 16.3 Å². The number of hydrogen-bond donors (Lipinski definition) is 1. The first-order valence-corrected chi connectivity index (χ1v) is 7.02. The van der Waals surface area contributed by atoms with Gasteiger partial charge in [0, 0.05) is 20.7 Å². The molecule has 0 spiro atoms. The van der Waals surface area contributed by atoms with Crippen molar-refractivity contribution in [3.8, 4) is 11.5 Å². The van der Waals surface area contributed by atoms with Gasteiger partial charge in [0.15, 0.2) is 0 Å². The van der Waals surface area contributed by atoms with Crippen LogP contribution in [-0.4, -0.2) is 7.05 Å². The maximum absolute atomic E-state index is 6.18. The first-order chi connectivity index (χ1) is 8.70. The molecule has 0 aliphatic rings. The van der Waals surface area contributed by atoms with Crippen molar-refractivity contribution in [2.45, 2.75) is 6.54 Å². The minimum Gasteiger partial charge on any atom is -0.457 e. The fraction of sp³-hybridized carbons (Fsp3) is 0.143. The number of halogens is 2. The Hall–Kier alpha value is -0.780. The van der Waals surface area contributed by atoms with Crippen molar-refractivity contribution in [1.82, 2.24) is 5.32 Å². The molecule has 1 N–H and O–H groups in total. The van der Waals surface area contributed by atoms with E-state index in [1.807, 2.05) is 49.5 Å². The topological polar surface area (TPSA) is 21.3 Å². The van der Waals surface area contributed by atoms with Crippen molar-refractivity contribution < 1.29 is 4.74 Å². The Morgan fingerprint density at radius 2 is 1.89 bits per heavy atom. The largest absolute Gasteiger partial charge is 0.457 e. The zero-order valence-corrected chi connectivity index (χ0v) is 12.8. The van der Waals surface area contributed by atoms with Gasteiger partial charge in [0.05, 0.1) is 0 Å². The van der Waals surface area contributed by atoms with Crippen LogP contribution in [-0.2, 0) is 6.54 Å². The van der Waals surface area contributed by atoms with Gasteiger partial charge in [-0.25, -0.2) is 0 Å². The molecule has 94 valence electrons. The van der Waals surface area contributed by atoms with E-state index in [2.05, 4.69) is 27.9 Å². The zero-order valence-electron chi connectivity index (χ0n) is 9.91. The Morgan fingerprint density at radius 1 is 1.17 bits per heavy atom. The van der Waals surface area contributed by atoms with Crippen LogP contribution >= 0.6 is 34.2 Å². The quantitative estimate of drug-likeness (QED) is 0.799. The van der Waals surface area contributed by atoms with Crippen LogP contribution in [0, 0.1) is 3.57 Å². The van der Waals surface area contributed by atoms with E-state index in [0.29, 0.717) is 11.6 Å². The van der Waals surface area contributed by atoms with E-state index in [0.717, 1.165) is 17.1 Å². The lowest BCUT2D eigenvalue weighted by Crippen LogP contribution is -2.07. The summed E-state index contributed by atoms with van der Waals surface area (Å²) < 4.78 is 7.05. The average molecular weight is 374 g/mol. The fourth-order valence-corrected chi connectivity index (χ4v) is 2.20. The monoisotopic (exact) mass is 373 g/mol. The van der Waals surface area contributed by atoms with Crippen LogP contribution in [0.25, 0.3) is 0 Å². The second-order valence-electron chi connectivity index (χ2n) is 3.80.